The molecule has 0 aromatic rings. The zero-order valence-electron chi connectivity index (χ0n) is 33.2. The van der Waals surface area contributed by atoms with Crippen molar-refractivity contribution in [2.75, 3.05) is 52.4 Å². The van der Waals surface area contributed by atoms with E-state index in [1.807, 2.05) is 0 Å². The molecule has 0 rings (SSSR count). The Morgan fingerprint density at radius 2 is 0.521 bits per heavy atom. The van der Waals surface area contributed by atoms with Crippen LogP contribution in [0, 0.1) is 0 Å². The maximum atomic E-state index is 10.4. The van der Waals surface area contributed by atoms with Gasteiger partial charge in [0.1, 0.15) is 0 Å². The molecule has 0 heterocycles. The minimum absolute atomic E-state index is 0.140. The Labute approximate surface area is 295 Å². The number of rotatable bonds is 12. The fourth-order valence-corrected chi connectivity index (χ4v) is 0.563. The van der Waals surface area contributed by atoms with Gasteiger partial charge < -0.3 is 96.6 Å². The van der Waals surface area contributed by atoms with E-state index in [2.05, 4.69) is 101 Å². The normalized spacial score (nSPS) is 9.35. The highest BCUT2D eigenvalue weighted by Crippen LogP contribution is 2.07. The van der Waals surface area contributed by atoms with E-state index in [0.29, 0.717) is 6.42 Å². The largest absolute Gasteiger partial charge is 0.878 e. The summed E-state index contributed by atoms with van der Waals surface area (Å²) < 4.78 is 8.55. The monoisotopic (exact) mass is 737 g/mol. The van der Waals surface area contributed by atoms with Gasteiger partial charge in [-0.2, -0.15) is 7.82 Å². The summed E-state index contributed by atoms with van der Waals surface area (Å²) in [4.78, 5) is 25.6. The lowest BCUT2D eigenvalue weighted by molar-refractivity contribution is -0.994. The summed E-state index contributed by atoms with van der Waals surface area (Å²) in [7, 11) is -5.39. The van der Waals surface area contributed by atoms with E-state index in [1.54, 1.807) is 6.92 Å². The van der Waals surface area contributed by atoms with Crippen molar-refractivity contribution < 1.29 is 90.6 Å². The highest BCUT2D eigenvalue weighted by molar-refractivity contribution is 7.40. The van der Waals surface area contributed by atoms with Crippen LogP contribution in [0.5, 0.6) is 0 Å². The Kier molecular flexibility index (Phi) is 110. The van der Waals surface area contributed by atoms with Crippen LogP contribution >= 0.6 is 7.82 Å². The van der Waals surface area contributed by atoms with E-state index >= 15 is 0 Å². The van der Waals surface area contributed by atoms with Crippen molar-refractivity contribution >= 4 is 7.82 Å². The predicted molar refractivity (Wildman–Crippen MR) is 177 cm³/mol. The Bertz CT molecular complexity index is 410. The molecule has 0 aromatic heterocycles. The molecule has 17 nitrogen and oxygen atoms in total. The second-order valence-corrected chi connectivity index (χ2v) is 10.6. The fourth-order valence-electron chi connectivity index (χ4n) is 0.563. The minimum atomic E-state index is -5.39. The van der Waals surface area contributed by atoms with Crippen LogP contribution < -0.4 is 86.1 Å². The van der Waals surface area contributed by atoms with Crippen molar-refractivity contribution in [2.24, 2.45) is 0 Å². The Balaban J connectivity index is -0.0000000432. The van der Waals surface area contributed by atoms with Crippen LogP contribution in [0.3, 0.4) is 0 Å². The predicted octanol–water partition coefficient (Wildman–Crippen LogP) is -10.4. The number of unbranched alkanes of at least 4 members (excludes halogenated alkanes) is 1. The lowest BCUT2D eigenvalue weighted by Crippen LogP contribution is -2.88. The Morgan fingerprint density at radius 1 is 0.396 bits per heavy atom. The van der Waals surface area contributed by atoms with Crippen molar-refractivity contribution in [3.63, 3.8) is 0 Å². The molecule has 0 aliphatic heterocycles. The van der Waals surface area contributed by atoms with Gasteiger partial charge in [0.05, 0.1) is 52.4 Å². The first-order valence-corrected chi connectivity index (χ1v) is 19.2. The van der Waals surface area contributed by atoms with Crippen molar-refractivity contribution in [3.05, 3.63) is 0 Å². The fraction of sp³-hybridized carbons (Fsp3) is 1.00. The van der Waals surface area contributed by atoms with Gasteiger partial charge in [-0.15, -0.1) is 0 Å². The van der Waals surface area contributed by atoms with Gasteiger partial charge in [0.25, 0.3) is 0 Å². The van der Waals surface area contributed by atoms with Crippen molar-refractivity contribution in [3.8, 4) is 0 Å². The SMILES string of the molecule is CCCCC([O-])([O-])C([O-])([O-])[O-].CCC[NH3+].CCC[NH3+].CCC[NH3+].CCC[NH3+].CCC[NH3+].CCC[NH3+].CCC[NH3+].CCC[NH3+].O=P([O-])([O-])[O-]. The van der Waals surface area contributed by atoms with E-state index in [-0.39, 0.29) is 6.42 Å². The molecule has 0 fully saturated rings. The first-order valence-electron chi connectivity index (χ1n) is 17.7. The third-order valence-electron chi connectivity index (χ3n) is 4.15. The summed E-state index contributed by atoms with van der Waals surface area (Å²) in [6.07, 6.45) is 9.61. The molecule has 0 saturated heterocycles. The molecule has 48 heavy (non-hydrogen) atoms. The van der Waals surface area contributed by atoms with Gasteiger partial charge in [-0.1, -0.05) is 81.6 Å². The topological polar surface area (TPSA) is 423 Å². The molecule has 0 atom stereocenters. The van der Waals surface area contributed by atoms with E-state index in [4.69, 9.17) is 19.2 Å². The second-order valence-electron chi connectivity index (χ2n) is 9.69. The molecular formula is C30H89N8O9P. The molecule has 0 aliphatic carbocycles. The van der Waals surface area contributed by atoms with Crippen LogP contribution in [0.15, 0.2) is 0 Å². The van der Waals surface area contributed by atoms with Crippen LogP contribution in [0.25, 0.3) is 0 Å². The third-order valence-corrected chi connectivity index (χ3v) is 4.15. The molecule has 308 valence electrons. The average Bonchev–Trinajstić information content (AvgIpc) is 3.06. The molecule has 24 N–H and O–H groups in total. The third kappa shape index (κ3) is 194. The quantitative estimate of drug-likeness (QED) is 0.0695. The van der Waals surface area contributed by atoms with Crippen molar-refractivity contribution in [1.82, 2.24) is 0 Å². The lowest BCUT2D eigenvalue weighted by Gasteiger charge is -2.81. The summed E-state index contributed by atoms with van der Waals surface area (Å²) >= 11 is 0. The molecule has 0 spiro atoms. The summed E-state index contributed by atoms with van der Waals surface area (Å²) in [5.74, 6) is -8.09. The smallest absolute Gasteiger partial charge is 0.0737 e. The summed E-state index contributed by atoms with van der Waals surface area (Å²) in [5.41, 5.74) is 28.8. The van der Waals surface area contributed by atoms with Gasteiger partial charge in [-0.05, 0) is 51.4 Å². The summed E-state index contributed by atoms with van der Waals surface area (Å²) in [6, 6.07) is 0. The molecule has 18 heteroatoms. The Morgan fingerprint density at radius 3 is 0.583 bits per heavy atom. The van der Waals surface area contributed by atoms with Crippen LogP contribution in [-0.2, 0) is 4.57 Å². The van der Waals surface area contributed by atoms with Gasteiger partial charge in [-0.3, -0.25) is 5.79 Å². The molecular weight excluding hydrogens is 647 g/mol. The van der Waals surface area contributed by atoms with Gasteiger partial charge in [0, 0.05) is 0 Å². The van der Waals surface area contributed by atoms with Gasteiger partial charge in [-0.25, -0.2) is 0 Å². The minimum Gasteiger partial charge on any atom is -0.878 e. The first kappa shape index (κ1) is 73.1. The van der Waals surface area contributed by atoms with Gasteiger partial charge >= 0.3 is 0 Å². The van der Waals surface area contributed by atoms with Crippen LogP contribution in [0.2, 0.25) is 0 Å². The van der Waals surface area contributed by atoms with E-state index < -0.39 is 26.0 Å². The van der Waals surface area contributed by atoms with Crippen LogP contribution in [-0.4, -0.2) is 64.1 Å². The lowest BCUT2D eigenvalue weighted by atomic mass is 10.1. The average molecular weight is 737 g/mol. The molecule has 0 bridgehead atoms. The second kappa shape index (κ2) is 72.3. The molecule has 0 aromatic carbocycles. The number of quaternary nitrogens is 8. The molecule has 0 radical (unpaired) electrons. The standard InChI is InChI=1S/C6H9O5.8C3H9N.H3O4P/c1-2-3-4-5(7,8)6(9,10)11;8*1-2-3-4;1-5(2,3)4/h2-4H2,1H3;8*2-4H2,1H3;(H3,1,2,3,4)/q-5;;;;;;;;;/p+5. The number of hydrogen-bond donors (Lipinski definition) is 8. The molecule has 0 saturated carbocycles. The van der Waals surface area contributed by atoms with Gasteiger partial charge in [0.2, 0.25) is 0 Å². The van der Waals surface area contributed by atoms with E-state index in [9.17, 15) is 25.5 Å². The van der Waals surface area contributed by atoms with Crippen LogP contribution in [0.4, 0.5) is 0 Å². The Hall–Kier alpha value is -0.410. The highest BCUT2D eigenvalue weighted by atomic mass is 31.2. The molecule has 0 unspecified atom stereocenters. The molecule has 0 amide bonds. The van der Waals surface area contributed by atoms with Crippen LogP contribution in [0.1, 0.15) is 133 Å². The van der Waals surface area contributed by atoms with Gasteiger partial charge in [0.15, 0.2) is 0 Å². The maximum absolute atomic E-state index is 10.4. The molecule has 0 aliphatic rings. The summed E-state index contributed by atoms with van der Waals surface area (Å²) in [5, 5.41) is 50.5. The maximum Gasteiger partial charge on any atom is 0.0737 e. The first-order chi connectivity index (χ1) is 22.1. The zero-order valence-corrected chi connectivity index (χ0v) is 34.1. The highest BCUT2D eigenvalue weighted by Gasteiger charge is 1.99. The van der Waals surface area contributed by atoms with E-state index in [1.165, 1.54) is 51.4 Å². The number of phosphoric acid groups is 1. The van der Waals surface area contributed by atoms with Crippen molar-refractivity contribution in [1.29, 1.82) is 0 Å². The number of hydrogen-bond acceptors (Lipinski definition) is 9. The van der Waals surface area contributed by atoms with E-state index in [0.717, 1.165) is 52.4 Å². The summed E-state index contributed by atoms with van der Waals surface area (Å²) in [6.45, 7) is 27.2. The zero-order chi connectivity index (χ0) is 40.9. The van der Waals surface area contributed by atoms with Crippen molar-refractivity contribution in [2.45, 2.75) is 145 Å².